The molecule has 0 aliphatic carbocycles. The molecule has 0 radical (unpaired) electrons. The SMILES string of the molecule is Cc1ccc(CN2CCOC(C#N)C2)cc1. The molecule has 1 aromatic carbocycles. The molecule has 1 saturated heterocycles. The summed E-state index contributed by atoms with van der Waals surface area (Å²) in [5, 5.41) is 8.81. The lowest BCUT2D eigenvalue weighted by atomic mass is 10.1. The monoisotopic (exact) mass is 216 g/mol. The third-order valence-corrected chi connectivity index (χ3v) is 2.82. The van der Waals surface area contributed by atoms with Gasteiger partial charge >= 0.3 is 0 Å². The van der Waals surface area contributed by atoms with Crippen molar-refractivity contribution in [2.45, 2.75) is 19.6 Å². The Bertz CT molecular complexity index is 380. The Hall–Kier alpha value is -1.37. The number of ether oxygens (including phenoxy) is 1. The molecule has 84 valence electrons. The average Bonchev–Trinajstić information content (AvgIpc) is 2.32. The number of nitriles is 1. The summed E-state index contributed by atoms with van der Waals surface area (Å²) in [4.78, 5) is 2.27. The first kappa shape index (κ1) is 11.1. The maximum Gasteiger partial charge on any atom is 0.156 e. The molecule has 0 saturated carbocycles. The molecule has 1 aliphatic rings. The predicted molar refractivity (Wildman–Crippen MR) is 61.8 cm³/mol. The van der Waals surface area contributed by atoms with Crippen molar-refractivity contribution in [1.82, 2.24) is 4.90 Å². The summed E-state index contributed by atoms with van der Waals surface area (Å²) in [7, 11) is 0. The van der Waals surface area contributed by atoms with Gasteiger partial charge in [-0.15, -0.1) is 0 Å². The van der Waals surface area contributed by atoms with Gasteiger partial charge in [-0.05, 0) is 12.5 Å². The molecule has 1 fully saturated rings. The van der Waals surface area contributed by atoms with Crippen molar-refractivity contribution in [3.63, 3.8) is 0 Å². The summed E-state index contributed by atoms with van der Waals surface area (Å²) < 4.78 is 5.31. The third-order valence-electron chi connectivity index (χ3n) is 2.82. The Labute approximate surface area is 96.2 Å². The van der Waals surface area contributed by atoms with Gasteiger partial charge in [-0.1, -0.05) is 29.8 Å². The zero-order valence-electron chi connectivity index (χ0n) is 9.52. The molecule has 0 spiro atoms. The summed E-state index contributed by atoms with van der Waals surface area (Å²) in [5.74, 6) is 0. The molecule has 0 aromatic heterocycles. The summed E-state index contributed by atoms with van der Waals surface area (Å²) in [6, 6.07) is 10.7. The van der Waals surface area contributed by atoms with Crippen LogP contribution in [0.4, 0.5) is 0 Å². The van der Waals surface area contributed by atoms with Crippen LogP contribution >= 0.6 is 0 Å². The maximum absolute atomic E-state index is 8.81. The topological polar surface area (TPSA) is 36.3 Å². The van der Waals surface area contributed by atoms with Crippen molar-refractivity contribution in [3.8, 4) is 6.07 Å². The van der Waals surface area contributed by atoms with Crippen LogP contribution in [-0.2, 0) is 11.3 Å². The van der Waals surface area contributed by atoms with E-state index in [0.717, 1.165) is 13.1 Å². The van der Waals surface area contributed by atoms with Crippen LogP contribution in [0.1, 0.15) is 11.1 Å². The van der Waals surface area contributed by atoms with E-state index in [1.54, 1.807) is 0 Å². The molecule has 1 unspecified atom stereocenters. The van der Waals surface area contributed by atoms with E-state index >= 15 is 0 Å². The normalized spacial score (nSPS) is 21.6. The highest BCUT2D eigenvalue weighted by molar-refractivity contribution is 5.21. The number of morpholine rings is 1. The van der Waals surface area contributed by atoms with Crippen LogP contribution in [0.5, 0.6) is 0 Å². The van der Waals surface area contributed by atoms with Crippen molar-refractivity contribution in [1.29, 1.82) is 5.26 Å². The van der Waals surface area contributed by atoms with Crippen LogP contribution in [0.25, 0.3) is 0 Å². The molecule has 1 heterocycles. The van der Waals surface area contributed by atoms with Gasteiger partial charge < -0.3 is 4.74 Å². The lowest BCUT2D eigenvalue weighted by Gasteiger charge is -2.29. The molecule has 0 amide bonds. The maximum atomic E-state index is 8.81. The fraction of sp³-hybridized carbons (Fsp3) is 0.462. The van der Waals surface area contributed by atoms with Gasteiger partial charge in [0, 0.05) is 19.6 Å². The number of nitrogens with zero attached hydrogens (tertiary/aromatic N) is 2. The smallest absolute Gasteiger partial charge is 0.156 e. The predicted octanol–water partition coefficient (Wildman–Crippen LogP) is 1.72. The van der Waals surface area contributed by atoms with Crippen molar-refractivity contribution < 1.29 is 4.74 Å². The zero-order valence-corrected chi connectivity index (χ0v) is 9.52. The van der Waals surface area contributed by atoms with Crippen molar-refractivity contribution in [3.05, 3.63) is 35.4 Å². The highest BCUT2D eigenvalue weighted by Crippen LogP contribution is 2.10. The second-order valence-electron chi connectivity index (χ2n) is 4.21. The fourth-order valence-electron chi connectivity index (χ4n) is 1.88. The molecule has 0 N–H and O–H groups in total. The highest BCUT2D eigenvalue weighted by Gasteiger charge is 2.19. The second kappa shape index (κ2) is 5.11. The van der Waals surface area contributed by atoms with E-state index in [2.05, 4.69) is 42.2 Å². The first-order valence-electron chi connectivity index (χ1n) is 5.57. The average molecular weight is 216 g/mol. The standard InChI is InChI=1S/C13H16N2O/c1-11-2-4-12(5-3-11)9-15-6-7-16-13(8-14)10-15/h2-5,13H,6-7,9-10H2,1H3. The molecule has 3 nitrogen and oxygen atoms in total. The number of aryl methyl sites for hydroxylation is 1. The van der Waals surface area contributed by atoms with Crippen LogP contribution in [-0.4, -0.2) is 30.7 Å². The highest BCUT2D eigenvalue weighted by atomic mass is 16.5. The van der Waals surface area contributed by atoms with Crippen molar-refractivity contribution >= 4 is 0 Å². The molecule has 16 heavy (non-hydrogen) atoms. The molecular weight excluding hydrogens is 200 g/mol. The van der Waals surface area contributed by atoms with Gasteiger partial charge in [0.1, 0.15) is 0 Å². The molecule has 3 heteroatoms. The Morgan fingerprint density at radius 1 is 1.44 bits per heavy atom. The Morgan fingerprint density at radius 3 is 2.88 bits per heavy atom. The van der Waals surface area contributed by atoms with Gasteiger partial charge in [0.15, 0.2) is 6.10 Å². The fourth-order valence-corrected chi connectivity index (χ4v) is 1.88. The van der Waals surface area contributed by atoms with E-state index < -0.39 is 0 Å². The third kappa shape index (κ3) is 2.82. The van der Waals surface area contributed by atoms with Crippen LogP contribution in [0.15, 0.2) is 24.3 Å². The Morgan fingerprint density at radius 2 is 2.19 bits per heavy atom. The van der Waals surface area contributed by atoms with Crippen LogP contribution in [0.2, 0.25) is 0 Å². The molecule has 1 aromatic rings. The number of hydrogen-bond acceptors (Lipinski definition) is 3. The summed E-state index contributed by atoms with van der Waals surface area (Å²) in [6.07, 6.45) is -0.265. The van der Waals surface area contributed by atoms with E-state index in [-0.39, 0.29) is 6.10 Å². The van der Waals surface area contributed by atoms with Crippen molar-refractivity contribution in [2.24, 2.45) is 0 Å². The van der Waals surface area contributed by atoms with Gasteiger partial charge in [-0.2, -0.15) is 5.26 Å². The van der Waals surface area contributed by atoms with E-state index in [1.165, 1.54) is 11.1 Å². The van der Waals surface area contributed by atoms with Crippen molar-refractivity contribution in [2.75, 3.05) is 19.7 Å². The lowest BCUT2D eigenvalue weighted by molar-refractivity contribution is -0.00269. The molecule has 1 atom stereocenters. The van der Waals surface area contributed by atoms with Gasteiger partial charge in [0.05, 0.1) is 12.7 Å². The first-order chi connectivity index (χ1) is 7.78. The minimum atomic E-state index is -0.265. The number of benzene rings is 1. The molecular formula is C13H16N2O. The summed E-state index contributed by atoms with van der Waals surface area (Å²) in [5.41, 5.74) is 2.57. The molecule has 2 rings (SSSR count). The van der Waals surface area contributed by atoms with Gasteiger partial charge in [-0.25, -0.2) is 0 Å². The van der Waals surface area contributed by atoms with Gasteiger partial charge in [0.25, 0.3) is 0 Å². The van der Waals surface area contributed by atoms with E-state index in [4.69, 9.17) is 10.00 Å². The quantitative estimate of drug-likeness (QED) is 0.755. The van der Waals surface area contributed by atoms with Gasteiger partial charge in [0.2, 0.25) is 0 Å². The summed E-state index contributed by atoms with van der Waals surface area (Å²) in [6.45, 7) is 5.27. The molecule has 1 aliphatic heterocycles. The zero-order chi connectivity index (χ0) is 11.4. The van der Waals surface area contributed by atoms with E-state index in [1.807, 2.05) is 0 Å². The van der Waals surface area contributed by atoms with Gasteiger partial charge in [-0.3, -0.25) is 4.90 Å². The Kier molecular flexibility index (Phi) is 3.55. The van der Waals surface area contributed by atoms with Crippen LogP contribution in [0.3, 0.4) is 0 Å². The van der Waals surface area contributed by atoms with E-state index in [9.17, 15) is 0 Å². The molecule has 0 bridgehead atoms. The van der Waals surface area contributed by atoms with Crippen LogP contribution in [0, 0.1) is 18.3 Å². The van der Waals surface area contributed by atoms with Crippen LogP contribution < -0.4 is 0 Å². The number of hydrogen-bond donors (Lipinski definition) is 0. The summed E-state index contributed by atoms with van der Waals surface area (Å²) >= 11 is 0. The minimum absolute atomic E-state index is 0.265. The van der Waals surface area contributed by atoms with E-state index in [0.29, 0.717) is 13.2 Å². The second-order valence-corrected chi connectivity index (χ2v) is 4.21. The first-order valence-corrected chi connectivity index (χ1v) is 5.57. The minimum Gasteiger partial charge on any atom is -0.361 e. The largest absolute Gasteiger partial charge is 0.361 e. The lowest BCUT2D eigenvalue weighted by Crippen LogP contribution is -2.41. The Balaban J connectivity index is 1.94. The number of rotatable bonds is 2.